The average molecular weight is 1760 g/mol. The van der Waals surface area contributed by atoms with Crippen molar-refractivity contribution in [3.63, 3.8) is 0 Å². The second kappa shape index (κ2) is 37.5. The summed E-state index contributed by atoms with van der Waals surface area (Å²) in [4.78, 5) is 0. The molecule has 10 fully saturated rings. The SMILES string of the molecule is CC1C(C(F)(F)F)C(C(F)(F)F)C(C)[C@@H](C)C1C(F)(F)F.CC1C(F)C(F)C(F)[C@@H](C)C1F.CC1CC(C(F)(F)F)C[C@@H](C)C1.CC1C[C@H](C)CC(C(F)(F)F)C1C(F)(F)F.CC1[C@H]2CC[C@@H]1C2(C)C(F)(F)F.C[C@H]1C(F)(F)C(C)(F)C(F)(F)C(F)(F)C1(F)F.[2H][C@@]1(C)C(C)CCCC1C(F)(F)F.[2H][C@]1(C)CC(C)CC(C(F)(F)F)C1. The van der Waals surface area contributed by atoms with Crippen molar-refractivity contribution in [1.82, 2.24) is 0 Å². The number of fused-ring (bicyclic) bond motifs is 1. The Kier molecular flexibility index (Phi) is 34.1. The van der Waals surface area contributed by atoms with Crippen LogP contribution in [0.5, 0.6) is 0 Å². The fourth-order valence-corrected chi connectivity index (χ4v) is 19.1. The molecule has 10 saturated carbocycles. The topological polar surface area (TPSA) is 0 Å². The van der Waals surface area contributed by atoms with Gasteiger partial charge in [0.2, 0.25) is 5.67 Å². The molecule has 0 aromatic carbocycles. The highest BCUT2D eigenvalue weighted by atomic mass is 19.4. The van der Waals surface area contributed by atoms with Crippen LogP contribution in [0.1, 0.15) is 204 Å². The number of halogens is 40. The van der Waals surface area contributed by atoms with Crippen LogP contribution < -0.4 is 0 Å². The molecule has 0 aliphatic heterocycles. The van der Waals surface area contributed by atoms with Crippen molar-refractivity contribution < 1.29 is 178 Å². The molecule has 10 aliphatic rings. The molecule has 31 atom stereocenters. The number of hydrogen-bond donors (Lipinski definition) is 0. The number of alkyl halides is 40. The summed E-state index contributed by atoms with van der Waals surface area (Å²) in [6.07, 6.45) is -43.9. The van der Waals surface area contributed by atoms with Crippen molar-refractivity contribution in [3.8, 4) is 0 Å². The molecule has 0 aromatic heterocycles. The van der Waals surface area contributed by atoms with Crippen LogP contribution in [0.4, 0.5) is 176 Å². The summed E-state index contributed by atoms with van der Waals surface area (Å²) >= 11 is 0. The first-order valence-corrected chi connectivity index (χ1v) is 37.4. The Labute approximate surface area is 641 Å². The lowest BCUT2D eigenvalue weighted by molar-refractivity contribution is -0.431. The van der Waals surface area contributed by atoms with Gasteiger partial charge >= 0.3 is 73.4 Å². The van der Waals surface area contributed by atoms with Crippen LogP contribution in [-0.4, -0.2) is 110 Å². The van der Waals surface area contributed by atoms with Gasteiger partial charge in [-0.1, -0.05) is 124 Å². The van der Waals surface area contributed by atoms with Gasteiger partial charge in [-0.25, -0.2) is 30.7 Å². The van der Waals surface area contributed by atoms with E-state index in [0.29, 0.717) is 38.5 Å². The van der Waals surface area contributed by atoms with Gasteiger partial charge in [0.25, 0.3) is 5.92 Å². The Morgan fingerprint density at radius 3 is 0.965 bits per heavy atom. The Hall–Kier alpha value is -2.80. The van der Waals surface area contributed by atoms with Crippen LogP contribution in [0.2, 0.25) is 0 Å². The second-order valence-corrected chi connectivity index (χ2v) is 34.4. The van der Waals surface area contributed by atoms with E-state index in [0.717, 1.165) is 39.5 Å². The molecule has 22 unspecified atom stereocenters. The molecule has 114 heavy (non-hydrogen) atoms. The van der Waals surface area contributed by atoms with Gasteiger partial charge in [0.15, 0.2) is 6.17 Å². The average Bonchev–Trinajstić information content (AvgIpc) is 0.804. The van der Waals surface area contributed by atoms with Crippen molar-refractivity contribution in [2.24, 2.45) is 153 Å². The van der Waals surface area contributed by atoms with Gasteiger partial charge in [0.1, 0.15) is 18.5 Å². The van der Waals surface area contributed by atoms with Crippen LogP contribution in [0.25, 0.3) is 0 Å². The van der Waals surface area contributed by atoms with Gasteiger partial charge in [0.05, 0.1) is 58.7 Å². The van der Waals surface area contributed by atoms with E-state index in [-0.39, 0.29) is 74.0 Å². The maximum atomic E-state index is 13.2. The van der Waals surface area contributed by atoms with Crippen molar-refractivity contribution >= 4 is 0 Å². The fourth-order valence-electron chi connectivity index (χ4n) is 19.1. The van der Waals surface area contributed by atoms with Crippen molar-refractivity contribution in [3.05, 3.63) is 0 Å². The minimum absolute atomic E-state index is 0.0166. The standard InChI is InChI=1S/C12H15F9.C10H14F6.C9H13F3.3C9H15F3.C8H7F9.C8H12F4/c1-4-5(2)8(11(16,17)18)9(12(19,20)21)6(3)7(4)10(13,14)15;1-5-3-6(2)8(10(14,15)16)7(4-5)9(11,12)13;1-5-6-3-4-7(5)8(6,2)9(10,11)12;2*1-6-3-7(2)5-8(4-6)9(10,11)12;1-6-4-3-5-8(7(6)2)9(10,11)12;1-3-5(10,11)4(2,9)7(14,15)8(16,17)6(3,12)13;1-3-5(9)4(2)7(11)8(12)6(3)10/h4-9H,1-3H3;5-8H,3-4H2,1-2H3;5-7H,3-4H2,1-2H3;3*6-8H,3-5H2,1-2H3;3H,1-2H3;3-8H,1-2H3/t4-,5?,6?,7?,8?,9?;5-,6?,7?,8?;5?,6-,7+,8?;2*6-,7?,8?;6?,7-,8?;3-,4?;3-,4?,5?,6?,7?,8?/m10.00100/s1/i;;;6D;;7D;;. The highest BCUT2D eigenvalue weighted by Crippen LogP contribution is 2.72. The zero-order chi connectivity index (χ0) is 92.3. The Morgan fingerprint density at radius 2 is 0.640 bits per heavy atom. The van der Waals surface area contributed by atoms with Crippen LogP contribution in [0.15, 0.2) is 0 Å². The van der Waals surface area contributed by atoms with E-state index in [9.17, 15) is 176 Å². The molecule has 2 bridgehead atoms. The lowest BCUT2D eigenvalue weighted by Crippen LogP contribution is -2.77. The first-order valence-electron chi connectivity index (χ1n) is 38.4. The predicted octanol–water partition coefficient (Wildman–Crippen LogP) is 30.5. The van der Waals surface area contributed by atoms with Crippen LogP contribution >= 0.6 is 0 Å². The van der Waals surface area contributed by atoms with Gasteiger partial charge in [-0.05, 0) is 160 Å². The van der Waals surface area contributed by atoms with Gasteiger partial charge in [-0.2, -0.15) is 145 Å². The van der Waals surface area contributed by atoms with Gasteiger partial charge in [-0.3, -0.25) is 0 Å². The molecule has 0 spiro atoms. The first kappa shape index (κ1) is 104. The normalized spacial score (nSPS) is 43.8. The zero-order valence-electron chi connectivity index (χ0n) is 67.4. The van der Waals surface area contributed by atoms with Crippen LogP contribution in [0.3, 0.4) is 0 Å². The third-order valence-corrected chi connectivity index (χ3v) is 25.8. The maximum absolute atomic E-state index is 13.2. The lowest BCUT2D eigenvalue weighted by atomic mass is 9.53. The first-order chi connectivity index (χ1) is 51.0. The van der Waals surface area contributed by atoms with E-state index < -0.39 is 229 Å². The molecule has 10 aliphatic carbocycles. The van der Waals surface area contributed by atoms with Gasteiger partial charge in [0, 0.05) is 14.6 Å². The molecular weight excluding hydrogens is 1650 g/mol. The third-order valence-electron chi connectivity index (χ3n) is 25.8. The predicted molar refractivity (Wildman–Crippen MR) is 344 cm³/mol. The molecule has 0 saturated heterocycles. The smallest absolute Gasteiger partial charge is 0.247 e. The number of hydrogen-bond acceptors (Lipinski definition) is 0. The minimum Gasteiger partial charge on any atom is -0.247 e. The molecule has 0 radical (unpaired) electrons. The molecule has 0 aromatic rings. The quantitative estimate of drug-likeness (QED) is 0.212. The lowest BCUT2D eigenvalue weighted by Gasteiger charge is -2.53. The summed E-state index contributed by atoms with van der Waals surface area (Å²) in [5, 5.41) is 0. The van der Waals surface area contributed by atoms with Crippen molar-refractivity contribution in [2.75, 3.05) is 0 Å². The number of rotatable bonds is 0. The highest BCUT2D eigenvalue weighted by Gasteiger charge is 2.91. The molecule has 0 amide bonds. The van der Waals surface area contributed by atoms with Crippen LogP contribution in [0, 0.1) is 153 Å². The molecule has 682 valence electrons. The molecule has 0 N–H and O–H groups in total. The Bertz CT molecular complexity index is 2880. The third kappa shape index (κ3) is 24.3. The highest BCUT2D eigenvalue weighted by molar-refractivity contribution is 5.20. The van der Waals surface area contributed by atoms with Crippen molar-refractivity contribution in [1.29, 1.82) is 0 Å². The molecule has 40 heteroatoms. The zero-order valence-corrected chi connectivity index (χ0v) is 65.4. The summed E-state index contributed by atoms with van der Waals surface area (Å²) in [6.45, 7) is 20.8. The van der Waals surface area contributed by atoms with E-state index in [4.69, 9.17) is 2.74 Å². The minimum atomic E-state index is -6.19. The molecular formula is C74H106F40. The van der Waals surface area contributed by atoms with Crippen LogP contribution in [-0.2, 0) is 0 Å². The van der Waals surface area contributed by atoms with Crippen molar-refractivity contribution in [2.45, 2.75) is 311 Å². The molecule has 10 rings (SSSR count). The van der Waals surface area contributed by atoms with E-state index in [1.54, 1.807) is 27.7 Å². The fraction of sp³-hybridized carbons (Fsp3) is 1.00. The summed E-state index contributed by atoms with van der Waals surface area (Å²) in [7, 11) is 0. The van der Waals surface area contributed by atoms with Gasteiger partial charge < -0.3 is 0 Å². The Balaban J connectivity index is 0.000000453. The summed E-state index contributed by atoms with van der Waals surface area (Å²) < 4.78 is 524. The summed E-state index contributed by atoms with van der Waals surface area (Å²) in [5.41, 5.74) is -6.41. The largest absolute Gasteiger partial charge is 0.394 e. The monoisotopic (exact) mass is 1760 g/mol. The van der Waals surface area contributed by atoms with E-state index in [2.05, 4.69) is 0 Å². The maximum Gasteiger partial charge on any atom is 0.394 e. The Morgan fingerprint density at radius 1 is 0.289 bits per heavy atom. The van der Waals surface area contributed by atoms with Gasteiger partial charge in [-0.15, -0.1) is 0 Å². The van der Waals surface area contributed by atoms with E-state index >= 15 is 0 Å². The summed E-state index contributed by atoms with van der Waals surface area (Å²) in [6, 6.07) is 0. The molecule has 0 heterocycles. The summed E-state index contributed by atoms with van der Waals surface area (Å²) in [5.74, 6) is -54.1. The molecule has 0 nitrogen and oxygen atoms in total. The van der Waals surface area contributed by atoms with E-state index in [1.165, 1.54) is 34.6 Å². The second-order valence-electron chi connectivity index (χ2n) is 34.4. The van der Waals surface area contributed by atoms with E-state index in [1.807, 2.05) is 20.8 Å².